The predicted molar refractivity (Wildman–Crippen MR) is 95.9 cm³/mol. The SMILES string of the molecule is Cn1c(=O)c2c(ncn2CCCOC(=O)Cc2ccccc2)n(C)c1=O. The van der Waals surface area contributed by atoms with Gasteiger partial charge in [0.2, 0.25) is 0 Å². The highest BCUT2D eigenvalue weighted by Crippen LogP contribution is 2.07. The third-order valence-corrected chi connectivity index (χ3v) is 4.21. The van der Waals surface area contributed by atoms with Crippen LogP contribution in [-0.4, -0.2) is 31.3 Å². The van der Waals surface area contributed by atoms with Gasteiger partial charge in [0.15, 0.2) is 11.2 Å². The highest BCUT2D eigenvalue weighted by Gasteiger charge is 2.14. The van der Waals surface area contributed by atoms with Gasteiger partial charge in [0.05, 0.1) is 19.4 Å². The van der Waals surface area contributed by atoms with Gasteiger partial charge in [-0.1, -0.05) is 30.3 Å². The highest BCUT2D eigenvalue weighted by atomic mass is 16.5. The lowest BCUT2D eigenvalue weighted by molar-refractivity contribution is -0.142. The topological polar surface area (TPSA) is 88.1 Å². The standard InChI is InChI=1S/C18H20N4O4/c1-20-16-15(17(24)21(2)18(20)25)22(12-19-16)9-6-10-26-14(23)11-13-7-4-3-5-8-13/h3-5,7-8,12H,6,9-11H2,1-2H3. The van der Waals surface area contributed by atoms with Crippen LogP contribution in [0.25, 0.3) is 11.2 Å². The van der Waals surface area contributed by atoms with Crippen molar-refractivity contribution < 1.29 is 9.53 Å². The Labute approximate surface area is 149 Å². The number of hydrogen-bond acceptors (Lipinski definition) is 5. The zero-order valence-corrected chi connectivity index (χ0v) is 14.7. The van der Waals surface area contributed by atoms with Crippen LogP contribution in [0.5, 0.6) is 0 Å². The lowest BCUT2D eigenvalue weighted by atomic mass is 10.2. The molecule has 3 aromatic rings. The quantitative estimate of drug-likeness (QED) is 0.477. The third-order valence-electron chi connectivity index (χ3n) is 4.21. The van der Waals surface area contributed by atoms with E-state index in [2.05, 4.69) is 4.98 Å². The van der Waals surface area contributed by atoms with Crippen LogP contribution in [0.3, 0.4) is 0 Å². The number of esters is 1. The molecule has 2 heterocycles. The molecule has 0 fully saturated rings. The van der Waals surface area contributed by atoms with Crippen molar-refractivity contribution in [3.05, 3.63) is 63.1 Å². The molecule has 26 heavy (non-hydrogen) atoms. The number of ether oxygens (including phenoxy) is 1. The minimum absolute atomic E-state index is 0.234. The molecule has 0 aliphatic rings. The van der Waals surface area contributed by atoms with Crippen LogP contribution in [0, 0.1) is 0 Å². The van der Waals surface area contributed by atoms with E-state index in [1.807, 2.05) is 30.3 Å². The molecule has 0 aliphatic carbocycles. The van der Waals surface area contributed by atoms with Gasteiger partial charge in [-0.3, -0.25) is 18.7 Å². The Balaban J connectivity index is 1.61. The minimum Gasteiger partial charge on any atom is -0.465 e. The molecule has 2 aromatic heterocycles. The van der Waals surface area contributed by atoms with Crippen molar-refractivity contribution in [1.82, 2.24) is 18.7 Å². The summed E-state index contributed by atoms with van der Waals surface area (Å²) in [5, 5.41) is 0. The molecule has 3 rings (SSSR count). The summed E-state index contributed by atoms with van der Waals surface area (Å²) in [7, 11) is 3.01. The summed E-state index contributed by atoms with van der Waals surface area (Å²) in [5.74, 6) is -0.287. The second-order valence-corrected chi connectivity index (χ2v) is 6.05. The largest absolute Gasteiger partial charge is 0.465 e. The molecule has 0 bridgehead atoms. The first kappa shape index (κ1) is 17.7. The molecule has 0 saturated carbocycles. The van der Waals surface area contributed by atoms with Crippen molar-refractivity contribution in [1.29, 1.82) is 0 Å². The van der Waals surface area contributed by atoms with Crippen LogP contribution in [0.1, 0.15) is 12.0 Å². The van der Waals surface area contributed by atoms with E-state index in [0.717, 1.165) is 10.1 Å². The number of benzene rings is 1. The number of rotatable bonds is 6. The maximum atomic E-state index is 12.3. The van der Waals surface area contributed by atoms with Gasteiger partial charge in [0, 0.05) is 20.6 Å². The van der Waals surface area contributed by atoms with Gasteiger partial charge in [-0.2, -0.15) is 0 Å². The Morgan fingerprint density at radius 3 is 2.58 bits per heavy atom. The molecule has 8 nitrogen and oxygen atoms in total. The van der Waals surface area contributed by atoms with Gasteiger partial charge < -0.3 is 9.30 Å². The second kappa shape index (κ2) is 7.38. The maximum absolute atomic E-state index is 12.3. The number of hydrogen-bond donors (Lipinski definition) is 0. The molecule has 8 heteroatoms. The zero-order chi connectivity index (χ0) is 18.7. The maximum Gasteiger partial charge on any atom is 0.332 e. The Hall–Kier alpha value is -3.16. The molecule has 0 aliphatic heterocycles. The summed E-state index contributed by atoms with van der Waals surface area (Å²) in [4.78, 5) is 40.2. The van der Waals surface area contributed by atoms with Crippen LogP contribution >= 0.6 is 0 Å². The van der Waals surface area contributed by atoms with Gasteiger partial charge in [-0.25, -0.2) is 9.78 Å². The lowest BCUT2D eigenvalue weighted by Crippen LogP contribution is -2.37. The Morgan fingerprint density at radius 1 is 1.12 bits per heavy atom. The molecule has 136 valence electrons. The third kappa shape index (κ3) is 3.44. The molecule has 0 saturated heterocycles. The van der Waals surface area contributed by atoms with E-state index in [4.69, 9.17) is 4.74 Å². The summed E-state index contributed by atoms with van der Waals surface area (Å²) < 4.78 is 9.32. The number of nitrogens with zero attached hydrogens (tertiary/aromatic N) is 4. The number of aromatic nitrogens is 4. The van der Waals surface area contributed by atoms with Crippen molar-refractivity contribution in [2.75, 3.05) is 6.61 Å². The van der Waals surface area contributed by atoms with Crippen molar-refractivity contribution >= 4 is 17.1 Å². The fourth-order valence-electron chi connectivity index (χ4n) is 2.80. The minimum atomic E-state index is -0.414. The molecule has 0 unspecified atom stereocenters. The molecule has 0 atom stereocenters. The Bertz CT molecular complexity index is 1050. The number of imidazole rings is 1. The first-order chi connectivity index (χ1) is 12.5. The van der Waals surface area contributed by atoms with Crippen molar-refractivity contribution in [3.63, 3.8) is 0 Å². The zero-order valence-electron chi connectivity index (χ0n) is 14.7. The van der Waals surface area contributed by atoms with Gasteiger partial charge in [-0.05, 0) is 12.0 Å². The summed E-state index contributed by atoms with van der Waals surface area (Å²) >= 11 is 0. The summed E-state index contributed by atoms with van der Waals surface area (Å²) in [5.41, 5.74) is 0.816. The molecule has 0 N–H and O–H groups in total. The van der Waals surface area contributed by atoms with E-state index in [1.165, 1.54) is 17.9 Å². The average Bonchev–Trinajstić information content (AvgIpc) is 3.06. The van der Waals surface area contributed by atoms with Crippen LogP contribution < -0.4 is 11.2 Å². The predicted octanol–water partition coefficient (Wildman–Crippen LogP) is 0.610. The van der Waals surface area contributed by atoms with E-state index in [9.17, 15) is 14.4 Å². The highest BCUT2D eigenvalue weighted by molar-refractivity contribution is 5.72. The fourth-order valence-corrected chi connectivity index (χ4v) is 2.80. The number of carbonyl (C=O) groups is 1. The molecule has 1 aromatic carbocycles. The average molecular weight is 356 g/mol. The van der Waals surface area contributed by atoms with E-state index >= 15 is 0 Å². The monoisotopic (exact) mass is 356 g/mol. The van der Waals surface area contributed by atoms with Gasteiger partial charge >= 0.3 is 11.7 Å². The smallest absolute Gasteiger partial charge is 0.332 e. The number of aryl methyl sites for hydroxylation is 2. The van der Waals surface area contributed by atoms with E-state index in [-0.39, 0.29) is 24.6 Å². The molecular weight excluding hydrogens is 336 g/mol. The number of fused-ring (bicyclic) bond motifs is 1. The first-order valence-electron chi connectivity index (χ1n) is 8.29. The van der Waals surface area contributed by atoms with E-state index in [0.29, 0.717) is 24.1 Å². The summed E-state index contributed by atoms with van der Waals surface area (Å²) in [6.07, 6.45) is 2.30. The van der Waals surface area contributed by atoms with Crippen LogP contribution in [-0.2, 0) is 36.6 Å². The van der Waals surface area contributed by atoms with Crippen molar-refractivity contribution in [2.24, 2.45) is 14.1 Å². The van der Waals surface area contributed by atoms with E-state index < -0.39 is 5.69 Å². The normalized spacial score (nSPS) is 11.0. The molecule has 0 amide bonds. The number of carbonyl (C=O) groups excluding carboxylic acids is 1. The molecule has 0 spiro atoms. The molecular formula is C18H20N4O4. The van der Waals surface area contributed by atoms with Crippen LogP contribution in [0.4, 0.5) is 0 Å². The van der Waals surface area contributed by atoms with Crippen LogP contribution in [0.15, 0.2) is 46.2 Å². The van der Waals surface area contributed by atoms with Crippen LogP contribution in [0.2, 0.25) is 0 Å². The Kier molecular flexibility index (Phi) is 5.01. The van der Waals surface area contributed by atoms with Crippen molar-refractivity contribution in [3.8, 4) is 0 Å². The van der Waals surface area contributed by atoms with Gasteiger partial charge in [-0.15, -0.1) is 0 Å². The van der Waals surface area contributed by atoms with E-state index in [1.54, 1.807) is 11.6 Å². The van der Waals surface area contributed by atoms with Gasteiger partial charge in [0.1, 0.15) is 0 Å². The van der Waals surface area contributed by atoms with Crippen molar-refractivity contribution in [2.45, 2.75) is 19.4 Å². The fraction of sp³-hybridized carbons (Fsp3) is 0.333. The van der Waals surface area contributed by atoms with Gasteiger partial charge in [0.25, 0.3) is 5.56 Å². The summed E-state index contributed by atoms with van der Waals surface area (Å²) in [6.45, 7) is 0.708. The lowest BCUT2D eigenvalue weighted by Gasteiger charge is -2.07. The first-order valence-corrected chi connectivity index (χ1v) is 8.29. The molecule has 0 radical (unpaired) electrons. The second-order valence-electron chi connectivity index (χ2n) is 6.05. The Morgan fingerprint density at radius 2 is 1.85 bits per heavy atom. The summed E-state index contributed by atoms with van der Waals surface area (Å²) in [6, 6.07) is 9.39.